The summed E-state index contributed by atoms with van der Waals surface area (Å²) in [7, 11) is 2.65. The highest BCUT2D eigenvalue weighted by molar-refractivity contribution is 5.83. The predicted molar refractivity (Wildman–Crippen MR) is 106 cm³/mol. The van der Waals surface area contributed by atoms with Gasteiger partial charge in [-0.2, -0.15) is 0 Å². The Bertz CT molecular complexity index is 873. The van der Waals surface area contributed by atoms with E-state index in [-0.39, 0.29) is 5.56 Å². The van der Waals surface area contributed by atoms with Crippen LogP contribution in [0.5, 0.6) is 5.75 Å². The molecule has 0 saturated carbocycles. The normalized spacial score (nSPS) is 13.2. The smallest absolute Gasteiger partial charge is 0.408 e. The lowest BCUT2D eigenvalue weighted by Crippen LogP contribution is -2.47. The molecular formula is C22H25F2NO5. The highest BCUT2D eigenvalue weighted by atomic mass is 19.1. The first kappa shape index (κ1) is 23.1. The molecule has 2 rings (SSSR count). The summed E-state index contributed by atoms with van der Waals surface area (Å²) in [5.74, 6) is -2.83. The van der Waals surface area contributed by atoms with Crippen LogP contribution in [-0.4, -0.2) is 37.9 Å². The third kappa shape index (κ3) is 6.17. The quantitative estimate of drug-likeness (QED) is 0.709. The number of amides is 1. The number of ether oxygens (including phenoxy) is 3. The monoisotopic (exact) mass is 421 g/mol. The summed E-state index contributed by atoms with van der Waals surface area (Å²) in [5, 5.41) is 2.48. The number of methoxy groups -OCH3 is 2. The molecule has 2 atom stereocenters. The fourth-order valence-electron chi connectivity index (χ4n) is 2.98. The van der Waals surface area contributed by atoms with Crippen LogP contribution in [-0.2, 0) is 14.3 Å². The molecule has 2 aromatic rings. The van der Waals surface area contributed by atoms with Gasteiger partial charge in [-0.05, 0) is 56.2 Å². The number of benzene rings is 2. The average Bonchev–Trinajstić information content (AvgIpc) is 2.65. The predicted octanol–water partition coefficient (Wildman–Crippen LogP) is 4.17. The van der Waals surface area contributed by atoms with Crippen molar-refractivity contribution in [1.29, 1.82) is 0 Å². The second-order valence-electron chi connectivity index (χ2n) is 7.60. The summed E-state index contributed by atoms with van der Waals surface area (Å²) >= 11 is 0. The summed E-state index contributed by atoms with van der Waals surface area (Å²) in [4.78, 5) is 25.0. The Balaban J connectivity index is 2.56. The van der Waals surface area contributed by atoms with Crippen LogP contribution in [0.3, 0.4) is 0 Å². The molecule has 0 heterocycles. The molecule has 0 saturated heterocycles. The minimum absolute atomic E-state index is 0.143. The lowest BCUT2D eigenvalue weighted by atomic mass is 9.84. The van der Waals surface area contributed by atoms with Gasteiger partial charge in [-0.1, -0.05) is 12.1 Å². The van der Waals surface area contributed by atoms with Gasteiger partial charge in [0.15, 0.2) is 0 Å². The lowest BCUT2D eigenvalue weighted by Gasteiger charge is -2.28. The molecule has 0 aliphatic heterocycles. The van der Waals surface area contributed by atoms with Crippen LogP contribution in [0.15, 0.2) is 42.5 Å². The van der Waals surface area contributed by atoms with E-state index in [4.69, 9.17) is 14.2 Å². The highest BCUT2D eigenvalue weighted by Gasteiger charge is 2.35. The molecule has 162 valence electrons. The van der Waals surface area contributed by atoms with Gasteiger partial charge in [0.2, 0.25) is 0 Å². The minimum Gasteiger partial charge on any atom is -0.497 e. The van der Waals surface area contributed by atoms with Crippen molar-refractivity contribution in [2.75, 3.05) is 14.2 Å². The second kappa shape index (κ2) is 9.56. The Morgan fingerprint density at radius 1 is 0.933 bits per heavy atom. The third-order valence-electron chi connectivity index (χ3n) is 4.18. The van der Waals surface area contributed by atoms with Gasteiger partial charge in [0.25, 0.3) is 0 Å². The number of rotatable bonds is 6. The molecule has 0 spiro atoms. The lowest BCUT2D eigenvalue weighted by molar-refractivity contribution is -0.143. The molecule has 0 aromatic heterocycles. The molecule has 30 heavy (non-hydrogen) atoms. The molecular weight excluding hydrogens is 396 g/mol. The maximum atomic E-state index is 14.0. The molecule has 0 bridgehead atoms. The summed E-state index contributed by atoms with van der Waals surface area (Å²) in [6, 6.07) is 8.18. The molecule has 1 amide bonds. The average molecular weight is 421 g/mol. The van der Waals surface area contributed by atoms with E-state index in [0.29, 0.717) is 11.3 Å². The minimum atomic E-state index is -1.31. The van der Waals surface area contributed by atoms with E-state index in [9.17, 15) is 18.4 Å². The van der Waals surface area contributed by atoms with Gasteiger partial charge in [0.1, 0.15) is 29.0 Å². The maximum absolute atomic E-state index is 14.0. The van der Waals surface area contributed by atoms with E-state index < -0.39 is 41.3 Å². The van der Waals surface area contributed by atoms with Crippen molar-refractivity contribution in [3.63, 3.8) is 0 Å². The van der Waals surface area contributed by atoms with Gasteiger partial charge < -0.3 is 19.5 Å². The SMILES string of the molecule is COC(=O)[C@@H](NC(=O)OC(C)(C)C)[C@H](c1ccc(OC)cc1)c1cc(F)cc(F)c1. The number of nitrogens with one attached hydrogen (secondary N) is 1. The van der Waals surface area contributed by atoms with E-state index >= 15 is 0 Å². The number of halogens is 2. The molecule has 2 aromatic carbocycles. The first-order valence-corrected chi connectivity index (χ1v) is 9.21. The zero-order valence-electron chi connectivity index (χ0n) is 17.5. The third-order valence-corrected chi connectivity index (χ3v) is 4.18. The molecule has 1 N–H and O–H groups in total. The molecule has 6 nitrogen and oxygen atoms in total. The van der Waals surface area contributed by atoms with E-state index in [0.717, 1.165) is 25.3 Å². The number of hydrogen-bond donors (Lipinski definition) is 1. The zero-order valence-corrected chi connectivity index (χ0v) is 17.5. The Labute approximate surface area is 174 Å². The fourth-order valence-corrected chi connectivity index (χ4v) is 2.98. The van der Waals surface area contributed by atoms with Crippen molar-refractivity contribution in [2.24, 2.45) is 0 Å². The molecule has 0 fully saturated rings. The summed E-state index contributed by atoms with van der Waals surface area (Å²) in [6.45, 7) is 5.01. The molecule has 0 aliphatic rings. The maximum Gasteiger partial charge on any atom is 0.408 e. The van der Waals surface area contributed by atoms with Crippen LogP contribution in [0, 0.1) is 11.6 Å². The van der Waals surface area contributed by atoms with Crippen LogP contribution in [0.4, 0.5) is 13.6 Å². The van der Waals surface area contributed by atoms with Crippen molar-refractivity contribution >= 4 is 12.1 Å². The Hall–Kier alpha value is -3.16. The fraction of sp³-hybridized carbons (Fsp3) is 0.364. The molecule has 8 heteroatoms. The highest BCUT2D eigenvalue weighted by Crippen LogP contribution is 2.31. The standard InChI is InChI=1S/C22H25F2NO5/c1-22(2,3)30-21(27)25-19(20(26)29-5)18(13-6-8-17(28-4)9-7-13)14-10-15(23)12-16(24)11-14/h6-12,18-19H,1-5H3,(H,25,27)/t18-,19+/m1/s1. The van der Waals surface area contributed by atoms with Crippen molar-refractivity contribution in [3.8, 4) is 5.75 Å². The Morgan fingerprint density at radius 3 is 1.97 bits per heavy atom. The largest absolute Gasteiger partial charge is 0.497 e. The Kier molecular flexibility index (Phi) is 7.37. The van der Waals surface area contributed by atoms with Crippen molar-refractivity contribution in [1.82, 2.24) is 5.32 Å². The van der Waals surface area contributed by atoms with E-state index in [1.807, 2.05) is 0 Å². The van der Waals surface area contributed by atoms with Crippen molar-refractivity contribution < 1.29 is 32.6 Å². The van der Waals surface area contributed by atoms with Crippen LogP contribution in [0.1, 0.15) is 37.8 Å². The topological polar surface area (TPSA) is 73.9 Å². The number of hydrogen-bond acceptors (Lipinski definition) is 5. The van der Waals surface area contributed by atoms with Gasteiger partial charge in [0, 0.05) is 12.0 Å². The van der Waals surface area contributed by atoms with E-state index in [1.165, 1.54) is 7.11 Å². The first-order valence-electron chi connectivity index (χ1n) is 9.21. The van der Waals surface area contributed by atoms with Crippen molar-refractivity contribution in [2.45, 2.75) is 38.3 Å². The zero-order chi connectivity index (χ0) is 22.5. The number of carbonyl (C=O) groups is 2. The van der Waals surface area contributed by atoms with Crippen molar-refractivity contribution in [3.05, 3.63) is 65.2 Å². The van der Waals surface area contributed by atoms with Gasteiger partial charge in [0.05, 0.1) is 14.2 Å². The van der Waals surface area contributed by atoms with Crippen LogP contribution < -0.4 is 10.1 Å². The summed E-state index contributed by atoms with van der Waals surface area (Å²) < 4.78 is 43.2. The first-order chi connectivity index (χ1) is 14.0. The molecule has 0 unspecified atom stereocenters. The van der Waals surface area contributed by atoms with Gasteiger partial charge >= 0.3 is 12.1 Å². The number of esters is 1. The van der Waals surface area contributed by atoms with Gasteiger partial charge in [-0.3, -0.25) is 0 Å². The second-order valence-corrected chi connectivity index (χ2v) is 7.60. The molecule has 0 radical (unpaired) electrons. The van der Waals surface area contributed by atoms with Crippen LogP contribution in [0.25, 0.3) is 0 Å². The number of alkyl carbamates (subject to hydrolysis) is 1. The number of carbonyl (C=O) groups excluding carboxylic acids is 2. The van der Waals surface area contributed by atoms with Crippen LogP contribution in [0.2, 0.25) is 0 Å². The van der Waals surface area contributed by atoms with Gasteiger partial charge in [-0.15, -0.1) is 0 Å². The summed E-state index contributed by atoms with van der Waals surface area (Å²) in [5.41, 5.74) is -0.165. The van der Waals surface area contributed by atoms with Gasteiger partial charge in [-0.25, -0.2) is 18.4 Å². The Morgan fingerprint density at radius 2 is 1.50 bits per heavy atom. The van der Waals surface area contributed by atoms with Crippen LogP contribution >= 0.6 is 0 Å². The van der Waals surface area contributed by atoms with E-state index in [1.54, 1.807) is 45.0 Å². The molecule has 0 aliphatic carbocycles. The van der Waals surface area contributed by atoms with E-state index in [2.05, 4.69) is 5.32 Å². The summed E-state index contributed by atoms with van der Waals surface area (Å²) in [6.07, 6.45) is -0.867.